The zero-order chi connectivity index (χ0) is 93.2. The Morgan fingerprint density at radius 2 is 0.646 bits per heavy atom. The second-order valence-corrected chi connectivity index (χ2v) is 29.9. The number of rotatable bonds is 30. The highest BCUT2D eigenvalue weighted by atomic mass is 19.1. The molecule has 4 aromatic heterocycles. The van der Waals surface area contributed by atoms with Gasteiger partial charge in [-0.15, -0.1) is 0 Å². The van der Waals surface area contributed by atoms with Crippen molar-refractivity contribution in [1.82, 2.24) is 18.3 Å². The van der Waals surface area contributed by atoms with Gasteiger partial charge in [-0.25, -0.2) is 32.3 Å². The van der Waals surface area contributed by atoms with Gasteiger partial charge in [0.1, 0.15) is 40.4 Å². The van der Waals surface area contributed by atoms with E-state index in [4.69, 9.17) is 56.8 Å². The molecular formula is C99H83F3N8O20. The van der Waals surface area contributed by atoms with Gasteiger partial charge >= 0.3 is 23.9 Å². The number of halogens is 3. The first-order chi connectivity index (χ1) is 62.3. The molecule has 0 saturated heterocycles. The highest BCUT2D eigenvalue weighted by Gasteiger charge is 2.34. The number of aromatic nitrogens is 4. The third-order valence-electron chi connectivity index (χ3n) is 21.9. The molecular weight excluding hydrogens is 1680 g/mol. The molecule has 660 valence electrons. The van der Waals surface area contributed by atoms with E-state index in [9.17, 15) is 75.8 Å². The van der Waals surface area contributed by atoms with Crippen LogP contribution in [0.5, 0.6) is 23.0 Å². The third kappa shape index (κ3) is 18.8. The fourth-order valence-corrected chi connectivity index (χ4v) is 16.2. The summed E-state index contributed by atoms with van der Waals surface area (Å²) in [7, 11) is 1.28. The van der Waals surface area contributed by atoms with Gasteiger partial charge in [0.15, 0.2) is 26.4 Å². The monoisotopic (exact) mass is 1760 g/mol. The molecule has 16 rings (SSSR count). The Hall–Kier alpha value is -16.7. The van der Waals surface area contributed by atoms with Gasteiger partial charge in [-0.2, -0.15) is 0 Å². The lowest BCUT2D eigenvalue weighted by Gasteiger charge is -2.13. The molecule has 0 spiro atoms. The number of carbonyl (C=O) groups is 12. The number of fused-ring (bicyclic) bond motifs is 8. The van der Waals surface area contributed by atoms with Crippen LogP contribution in [0.1, 0.15) is 100 Å². The number of hydrogen-bond donors (Lipinski definition) is 7. The van der Waals surface area contributed by atoms with Gasteiger partial charge in [0.25, 0.3) is 46.8 Å². The Labute approximate surface area is 737 Å². The summed E-state index contributed by atoms with van der Waals surface area (Å²) in [6, 6.07) is 64.5. The van der Waals surface area contributed by atoms with Crippen LogP contribution in [0.3, 0.4) is 0 Å². The number of carboxylic acids is 3. The van der Waals surface area contributed by atoms with Gasteiger partial charge < -0.3 is 80.2 Å². The van der Waals surface area contributed by atoms with E-state index >= 15 is 0 Å². The van der Waals surface area contributed by atoms with Crippen LogP contribution in [0.2, 0.25) is 0 Å². The molecule has 0 saturated carbocycles. The molecule has 0 fully saturated rings. The Kier molecular flexibility index (Phi) is 27.4. The summed E-state index contributed by atoms with van der Waals surface area (Å²) < 4.78 is 76.5. The lowest BCUT2D eigenvalue weighted by Crippen LogP contribution is -2.24. The standard InChI is InChI=1S/C26H24N2O5.C25H21FN2O5.2C24H19FN2O5/c1-3-19-22(24(30)26(27)31)23-20(28(19)14-16-9-5-4-6-10-16)13-17-11-7-8-12-18(17)25(23)33-15-21(29)32-2;1-2-18-21(23(31)25(27)32)22-19(28(18)12-14-6-5-8-16(26)10-14)11-15-7-3-4-9-17(15)24(22)33-13-20(29)30;1-13-20(22(30)24(26)31)21-18(27(13)11-15-7-3-5-9-17(15)25)10-14-6-2-4-8-16(14)23(21)32-12-19(28)29;1-13-20(22(30)24(26)31)21-18(27(13)11-14-6-8-16(25)9-7-14)10-15-4-2-3-5-17(15)23(21)32-12-19(28)29/h4-13H,3,14-15H2,1-2H3,(H2,27,31);3-11H,2,12-13H2,1H3,(H2,27,32)(H,29,30);2*2-10H,11-12H2,1H3,(H2,26,31)(H,28,29). The van der Waals surface area contributed by atoms with Crippen LogP contribution in [0.4, 0.5) is 13.2 Å². The average Bonchev–Trinajstić information content (AvgIpc) is 1.60. The molecule has 4 amide bonds. The predicted octanol–water partition coefficient (Wildman–Crippen LogP) is 14.1. The van der Waals surface area contributed by atoms with Crippen LogP contribution in [-0.4, -0.2) is 138 Å². The molecule has 4 heterocycles. The van der Waals surface area contributed by atoms with Crippen molar-refractivity contribution in [2.45, 2.75) is 66.7 Å². The Morgan fingerprint density at radius 3 is 1.02 bits per heavy atom. The number of aliphatic carboxylic acids is 3. The summed E-state index contributed by atoms with van der Waals surface area (Å²) in [5.41, 5.74) is 29.0. The third-order valence-corrected chi connectivity index (χ3v) is 21.9. The number of hydrogen-bond acceptors (Lipinski definition) is 17. The molecule has 0 unspecified atom stereocenters. The summed E-state index contributed by atoms with van der Waals surface area (Å²) in [4.78, 5) is 145. The van der Waals surface area contributed by atoms with E-state index in [1.807, 2.05) is 132 Å². The van der Waals surface area contributed by atoms with E-state index < -0.39 is 102 Å². The molecule has 0 bridgehead atoms. The number of nitrogens with two attached hydrogens (primary N) is 4. The van der Waals surface area contributed by atoms with E-state index in [0.29, 0.717) is 113 Å². The lowest BCUT2D eigenvalue weighted by molar-refractivity contribution is -0.143. The normalized spacial score (nSPS) is 11.0. The minimum atomic E-state index is -1.20. The maximum Gasteiger partial charge on any atom is 0.343 e. The molecule has 0 radical (unpaired) electrons. The van der Waals surface area contributed by atoms with Crippen molar-refractivity contribution in [3.63, 3.8) is 0 Å². The van der Waals surface area contributed by atoms with Gasteiger partial charge in [0.2, 0.25) is 0 Å². The van der Waals surface area contributed by atoms with Crippen LogP contribution in [0, 0.1) is 31.3 Å². The Morgan fingerprint density at radius 1 is 0.331 bits per heavy atom. The van der Waals surface area contributed by atoms with Gasteiger partial charge in [0.05, 0.1) is 79.5 Å². The predicted molar refractivity (Wildman–Crippen MR) is 479 cm³/mol. The minimum Gasteiger partial charge on any atom is -0.481 e. The molecule has 11 N–H and O–H groups in total. The second-order valence-electron chi connectivity index (χ2n) is 29.9. The van der Waals surface area contributed by atoms with Crippen LogP contribution < -0.4 is 41.9 Å². The number of ether oxygens (including phenoxy) is 5. The maximum absolute atomic E-state index is 14.4. The summed E-state index contributed by atoms with van der Waals surface area (Å²) in [5.74, 6) is -12.4. The highest BCUT2D eigenvalue weighted by Crippen LogP contribution is 2.46. The van der Waals surface area contributed by atoms with Gasteiger partial charge in [-0.1, -0.05) is 184 Å². The molecule has 28 nitrogen and oxygen atoms in total. The first-order valence-electron chi connectivity index (χ1n) is 40.4. The van der Waals surface area contributed by atoms with Crippen molar-refractivity contribution in [1.29, 1.82) is 0 Å². The van der Waals surface area contributed by atoms with E-state index in [2.05, 4.69) is 0 Å². The van der Waals surface area contributed by atoms with Crippen molar-refractivity contribution in [3.8, 4) is 23.0 Å². The van der Waals surface area contributed by atoms with Crippen LogP contribution in [0.25, 0.3) is 86.7 Å². The van der Waals surface area contributed by atoms with Gasteiger partial charge in [-0.3, -0.25) is 38.4 Å². The first kappa shape index (κ1) is 91.0. The van der Waals surface area contributed by atoms with Gasteiger partial charge in [0, 0.05) is 69.5 Å². The quantitative estimate of drug-likeness (QED) is 0.0125. The van der Waals surface area contributed by atoms with Crippen molar-refractivity contribution < 1.29 is 110 Å². The number of esters is 1. The Bertz CT molecular complexity index is 7310. The number of nitrogens with zero attached hydrogens (tertiary/aromatic N) is 4. The van der Waals surface area contributed by atoms with Crippen molar-refractivity contribution in [3.05, 3.63) is 309 Å². The second kappa shape index (κ2) is 39.2. The number of primary amides is 4. The van der Waals surface area contributed by atoms with Crippen molar-refractivity contribution in [2.75, 3.05) is 33.5 Å². The van der Waals surface area contributed by atoms with E-state index in [1.165, 1.54) is 37.4 Å². The molecule has 31 heteroatoms. The van der Waals surface area contributed by atoms with E-state index in [1.54, 1.807) is 108 Å². The van der Waals surface area contributed by atoms with E-state index in [-0.39, 0.29) is 76.9 Å². The van der Waals surface area contributed by atoms with Gasteiger partial charge in [-0.05, 0) is 120 Å². The molecule has 0 aliphatic heterocycles. The van der Waals surface area contributed by atoms with E-state index in [0.717, 1.165) is 38.2 Å². The largest absolute Gasteiger partial charge is 0.481 e. The van der Waals surface area contributed by atoms with Crippen molar-refractivity contribution in [2.24, 2.45) is 22.9 Å². The lowest BCUT2D eigenvalue weighted by atomic mass is 10.00. The summed E-state index contributed by atoms with van der Waals surface area (Å²) in [6.45, 7) is 5.87. The molecule has 16 aromatic rings. The van der Waals surface area contributed by atoms with Crippen LogP contribution in [-0.2, 0) is 82.1 Å². The van der Waals surface area contributed by atoms with Crippen LogP contribution in [0.15, 0.2) is 224 Å². The number of amides is 4. The highest BCUT2D eigenvalue weighted by molar-refractivity contribution is 6.48. The summed E-state index contributed by atoms with van der Waals surface area (Å²) in [6.07, 6.45) is 0.857. The zero-order valence-electron chi connectivity index (χ0n) is 70.4. The number of ketones is 4. The molecule has 12 aromatic carbocycles. The topological polar surface area (TPSA) is 435 Å². The fourth-order valence-electron chi connectivity index (χ4n) is 16.2. The fraction of sp³-hybridized carbons (Fsp3) is 0.152. The van der Waals surface area contributed by atoms with Crippen LogP contribution >= 0.6 is 0 Å². The number of benzene rings is 12. The summed E-state index contributed by atoms with van der Waals surface area (Å²) >= 11 is 0. The first-order valence-corrected chi connectivity index (χ1v) is 40.4. The SMILES string of the molecule is CCc1c(C(=O)C(N)=O)c2c(OCC(=O)O)c3ccccc3cc2n1Cc1cccc(F)c1.CCc1c(C(=O)C(N)=O)c2c(OCC(=O)OC)c3ccccc3cc2n1Cc1ccccc1.Cc1c(C(=O)C(N)=O)c2c(OCC(=O)O)c3ccccc3cc2n1Cc1ccc(F)cc1.Cc1c(C(=O)C(N)=O)c2c(OCC(=O)O)c3ccccc3cc2n1Cc1ccccc1F. The molecule has 0 atom stereocenters. The Balaban J connectivity index is 0.000000148. The number of carboxylic acid groups (broad SMARTS) is 3. The smallest absolute Gasteiger partial charge is 0.343 e. The van der Waals surface area contributed by atoms with Crippen molar-refractivity contribution >= 4 is 157 Å². The zero-order valence-corrected chi connectivity index (χ0v) is 70.4. The minimum absolute atomic E-state index is 0.00924. The average molecular weight is 1760 g/mol. The maximum atomic E-state index is 14.4. The molecule has 0 aliphatic carbocycles. The number of methoxy groups -OCH3 is 1. The number of Topliss-reactive ketones (excluding diaryl/α,β-unsaturated/α-hetero) is 4. The molecule has 0 aliphatic rings. The number of carbonyl (C=O) groups excluding carboxylic acids is 9. The summed E-state index contributed by atoms with van der Waals surface area (Å²) in [5, 5.41) is 34.5. The molecule has 130 heavy (non-hydrogen) atoms.